The molecule has 5 heteroatoms. The van der Waals surface area contributed by atoms with Crippen molar-refractivity contribution in [3.05, 3.63) is 71.8 Å². The zero-order valence-electron chi connectivity index (χ0n) is 17.9. The number of hydrogen-bond acceptors (Lipinski definition) is 2. The van der Waals surface area contributed by atoms with Crippen LogP contribution in [0.15, 0.2) is 60.7 Å². The van der Waals surface area contributed by atoms with E-state index < -0.39 is 7.29 Å². The van der Waals surface area contributed by atoms with E-state index in [4.69, 9.17) is 0 Å². The molecule has 0 saturated carbocycles. The van der Waals surface area contributed by atoms with Gasteiger partial charge < -0.3 is 9.88 Å². The van der Waals surface area contributed by atoms with Crippen molar-refractivity contribution in [2.75, 3.05) is 0 Å². The summed E-state index contributed by atoms with van der Waals surface area (Å²) in [5.74, 6) is -0.0178. The average Bonchev–Trinajstić information content (AvgIpc) is 2.97. The fourth-order valence-electron chi connectivity index (χ4n) is 4.36. The molecule has 0 aromatic heterocycles. The van der Waals surface area contributed by atoms with Gasteiger partial charge in [0, 0.05) is 18.0 Å². The zero-order valence-corrected chi connectivity index (χ0v) is 18.8. The molecule has 0 unspecified atom stereocenters. The molecule has 0 radical (unpaired) electrons. The van der Waals surface area contributed by atoms with Gasteiger partial charge in [0.05, 0.1) is 11.3 Å². The van der Waals surface area contributed by atoms with Crippen LogP contribution in [0.2, 0.25) is 0 Å². The molecule has 3 rings (SSSR count). The molecule has 2 N–H and O–H groups in total. The molecule has 2 aromatic carbocycles. The molecule has 4 nitrogen and oxygen atoms in total. The number of amides is 1. The molecule has 156 valence electrons. The van der Waals surface area contributed by atoms with Crippen LogP contribution in [0.25, 0.3) is 0 Å². The van der Waals surface area contributed by atoms with Crippen LogP contribution < -0.4 is 10.4 Å². The van der Waals surface area contributed by atoms with Gasteiger partial charge in [-0.05, 0) is 51.7 Å². The second-order valence-corrected chi connectivity index (χ2v) is 12.1. The van der Waals surface area contributed by atoms with Crippen LogP contribution in [-0.4, -0.2) is 17.5 Å². The van der Waals surface area contributed by atoms with Gasteiger partial charge in [-0.1, -0.05) is 60.7 Å². The van der Waals surface area contributed by atoms with Gasteiger partial charge in [-0.15, -0.1) is 0 Å². The summed E-state index contributed by atoms with van der Waals surface area (Å²) in [7, 11) is -2.83. The summed E-state index contributed by atoms with van der Waals surface area (Å²) in [6, 6.07) is 20.1. The Morgan fingerprint density at radius 1 is 0.966 bits per heavy atom. The Hall–Kier alpha value is -1.90. The Morgan fingerprint density at radius 2 is 1.41 bits per heavy atom. The Labute approximate surface area is 174 Å². The van der Waals surface area contributed by atoms with Crippen molar-refractivity contribution in [2.24, 2.45) is 0 Å². The van der Waals surface area contributed by atoms with Crippen molar-refractivity contribution in [1.29, 1.82) is 0 Å². The van der Waals surface area contributed by atoms with Gasteiger partial charge in [0.2, 0.25) is 5.91 Å². The molecule has 1 heterocycles. The Kier molecular flexibility index (Phi) is 6.65. The van der Waals surface area contributed by atoms with E-state index in [1.807, 2.05) is 64.1 Å². The maximum atomic E-state index is 14.5. The predicted octanol–water partition coefficient (Wildman–Crippen LogP) is 5.82. The number of benzene rings is 2. The molecule has 1 aliphatic heterocycles. The topological polar surface area (TPSA) is 58.2 Å². The van der Waals surface area contributed by atoms with E-state index in [0.29, 0.717) is 6.42 Å². The lowest BCUT2D eigenvalue weighted by Crippen LogP contribution is -2.43. The van der Waals surface area contributed by atoms with Crippen molar-refractivity contribution in [3.63, 3.8) is 0 Å². The highest BCUT2D eigenvalue weighted by Gasteiger charge is 2.48. The summed E-state index contributed by atoms with van der Waals surface area (Å²) in [6.07, 6.45) is 2.08. The number of hydrogen-bond donors (Lipinski definition) is 2. The normalized spacial score (nSPS) is 22.2. The molecule has 0 aliphatic carbocycles. The fourth-order valence-corrected chi connectivity index (χ4v) is 8.23. The van der Waals surface area contributed by atoms with Gasteiger partial charge in [-0.25, -0.2) is 0 Å². The predicted molar refractivity (Wildman–Crippen MR) is 120 cm³/mol. The fraction of sp³-hybridized carbons (Fsp3) is 0.458. The summed E-state index contributed by atoms with van der Waals surface area (Å²) >= 11 is 0. The van der Waals surface area contributed by atoms with E-state index >= 15 is 0 Å². The second-order valence-electron chi connectivity index (χ2n) is 9.17. The van der Waals surface area contributed by atoms with Crippen molar-refractivity contribution < 1.29 is 9.36 Å². The van der Waals surface area contributed by atoms with E-state index in [1.54, 1.807) is 0 Å². The average molecular weight is 413 g/mol. The van der Waals surface area contributed by atoms with Crippen LogP contribution >= 0.6 is 7.29 Å². The van der Waals surface area contributed by atoms with Gasteiger partial charge in [0.15, 0.2) is 7.29 Å². The van der Waals surface area contributed by atoms with Crippen molar-refractivity contribution >= 4 is 13.2 Å². The minimum atomic E-state index is -2.83. The standard InChI is InChI=1S/C24H33N2O2P/c1-18(17-23(27)25-24(2,3)4)26-29(28)21(19-11-7-5-8-12-19)15-16-22(29)20-13-9-6-10-14-20/h5-14,18,21-22H,15-17H2,1-4H3,(H,25,27)(H,26,28)/t18-,21-,22-/m0/s1. The SMILES string of the molecule is C[C@@H](CC(=O)NC(C)(C)C)NP1(=O)[C@H](c2ccccc2)CC[C@H]1c1ccccc1. The van der Waals surface area contributed by atoms with Gasteiger partial charge >= 0.3 is 0 Å². The van der Waals surface area contributed by atoms with Gasteiger partial charge in [0.25, 0.3) is 0 Å². The quantitative estimate of drug-likeness (QED) is 0.588. The third kappa shape index (κ3) is 5.38. The molecule has 1 amide bonds. The van der Waals surface area contributed by atoms with Crippen LogP contribution in [-0.2, 0) is 9.36 Å². The van der Waals surface area contributed by atoms with E-state index in [2.05, 4.69) is 34.7 Å². The van der Waals surface area contributed by atoms with Crippen LogP contribution in [0.4, 0.5) is 0 Å². The highest BCUT2D eigenvalue weighted by molar-refractivity contribution is 7.63. The van der Waals surface area contributed by atoms with Crippen LogP contribution in [0.3, 0.4) is 0 Å². The molecule has 1 fully saturated rings. The number of rotatable bonds is 6. The third-order valence-electron chi connectivity index (χ3n) is 5.44. The summed E-state index contributed by atoms with van der Waals surface area (Å²) in [4.78, 5) is 12.4. The molecule has 0 bridgehead atoms. The third-order valence-corrected chi connectivity index (χ3v) is 9.25. The highest BCUT2D eigenvalue weighted by atomic mass is 31.2. The Morgan fingerprint density at radius 3 is 1.83 bits per heavy atom. The monoisotopic (exact) mass is 412 g/mol. The maximum absolute atomic E-state index is 14.5. The molecule has 1 aliphatic rings. The molecule has 3 atom stereocenters. The summed E-state index contributed by atoms with van der Waals surface area (Å²) in [6.45, 7) is 7.88. The molecular weight excluding hydrogens is 379 g/mol. The summed E-state index contributed by atoms with van der Waals surface area (Å²) < 4.78 is 14.5. The lowest BCUT2D eigenvalue weighted by atomic mass is 10.0. The van der Waals surface area contributed by atoms with E-state index in [-0.39, 0.29) is 28.8 Å². The van der Waals surface area contributed by atoms with Crippen LogP contribution in [0.1, 0.15) is 69.4 Å². The van der Waals surface area contributed by atoms with Crippen molar-refractivity contribution in [3.8, 4) is 0 Å². The van der Waals surface area contributed by atoms with E-state index in [9.17, 15) is 9.36 Å². The lowest BCUT2D eigenvalue weighted by Gasteiger charge is -2.31. The molecular formula is C24H33N2O2P. The minimum absolute atomic E-state index is 0.0178. The second kappa shape index (κ2) is 8.85. The molecule has 0 spiro atoms. The summed E-state index contributed by atoms with van der Waals surface area (Å²) in [5.41, 5.74) is 1.92. The first-order chi connectivity index (χ1) is 13.7. The van der Waals surface area contributed by atoms with Gasteiger partial charge in [-0.2, -0.15) is 0 Å². The van der Waals surface area contributed by atoms with E-state index in [1.165, 1.54) is 0 Å². The minimum Gasteiger partial charge on any atom is -0.351 e. The zero-order chi connectivity index (χ0) is 21.1. The largest absolute Gasteiger partial charge is 0.351 e. The van der Waals surface area contributed by atoms with Crippen molar-refractivity contribution in [1.82, 2.24) is 10.4 Å². The number of nitrogens with one attached hydrogen (secondary N) is 2. The maximum Gasteiger partial charge on any atom is 0.221 e. The highest BCUT2D eigenvalue weighted by Crippen LogP contribution is 2.74. The number of carbonyl (C=O) groups is 1. The van der Waals surface area contributed by atoms with Crippen LogP contribution in [0.5, 0.6) is 0 Å². The first-order valence-electron chi connectivity index (χ1n) is 10.5. The summed E-state index contributed by atoms with van der Waals surface area (Å²) in [5, 5.41) is 6.47. The van der Waals surface area contributed by atoms with Crippen LogP contribution in [0, 0.1) is 0 Å². The first kappa shape index (κ1) is 21.8. The molecule has 2 aromatic rings. The first-order valence-corrected chi connectivity index (χ1v) is 12.3. The van der Waals surface area contributed by atoms with E-state index in [0.717, 1.165) is 24.0 Å². The Bertz CT molecular complexity index is 810. The lowest BCUT2D eigenvalue weighted by molar-refractivity contribution is -0.122. The van der Waals surface area contributed by atoms with Gasteiger partial charge in [0.1, 0.15) is 0 Å². The molecule has 1 saturated heterocycles. The smallest absolute Gasteiger partial charge is 0.221 e. The van der Waals surface area contributed by atoms with Gasteiger partial charge in [-0.3, -0.25) is 9.88 Å². The van der Waals surface area contributed by atoms with Crippen molar-refractivity contribution in [2.45, 2.75) is 69.9 Å². The Balaban J connectivity index is 1.85. The molecule has 29 heavy (non-hydrogen) atoms. The number of carbonyl (C=O) groups excluding carboxylic acids is 1.